The molecule has 0 saturated heterocycles. The number of nitrogens with zero attached hydrogens (tertiary/aromatic N) is 3. The fraction of sp³-hybridized carbons (Fsp3) is 0.267. The lowest BCUT2D eigenvalue weighted by molar-refractivity contribution is -0.143. The zero-order valence-corrected chi connectivity index (χ0v) is 23.1. The highest BCUT2D eigenvalue weighted by Crippen LogP contribution is 2.31. The number of allylic oxidation sites excluding steroid dienone is 1. The molecule has 1 aliphatic rings. The highest BCUT2D eigenvalue weighted by Gasteiger charge is 2.33. The largest absolute Gasteiger partial charge is 0.465 e. The van der Waals surface area contributed by atoms with E-state index >= 15 is 0 Å². The summed E-state index contributed by atoms with van der Waals surface area (Å²) in [5, 5.41) is 0.908. The number of hydrogen-bond acceptors (Lipinski definition) is 7. The van der Waals surface area contributed by atoms with E-state index in [1.807, 2.05) is 72.3 Å². The van der Waals surface area contributed by atoms with E-state index in [9.17, 15) is 14.4 Å². The van der Waals surface area contributed by atoms with Gasteiger partial charge in [0.1, 0.15) is 6.54 Å². The van der Waals surface area contributed by atoms with Crippen LogP contribution in [0.4, 0.5) is 0 Å². The molecule has 39 heavy (non-hydrogen) atoms. The minimum Gasteiger partial charge on any atom is -0.465 e. The Morgan fingerprint density at radius 2 is 1.74 bits per heavy atom. The van der Waals surface area contributed by atoms with Gasteiger partial charge in [-0.3, -0.25) is 14.2 Å². The van der Waals surface area contributed by atoms with E-state index < -0.39 is 12.0 Å². The summed E-state index contributed by atoms with van der Waals surface area (Å²) in [6, 6.07) is 14.8. The molecule has 0 unspecified atom stereocenters. The average molecular weight is 544 g/mol. The molecule has 0 fully saturated rings. The lowest BCUT2D eigenvalue weighted by atomic mass is 9.95. The van der Waals surface area contributed by atoms with Gasteiger partial charge in [-0.15, -0.1) is 0 Å². The fourth-order valence-corrected chi connectivity index (χ4v) is 5.90. The number of fused-ring (bicyclic) bond motifs is 2. The van der Waals surface area contributed by atoms with Crippen molar-refractivity contribution >= 4 is 40.3 Å². The number of hydrogen-bond donors (Lipinski definition) is 0. The second-order valence-corrected chi connectivity index (χ2v) is 10.3. The smallest absolute Gasteiger partial charge is 0.338 e. The fourth-order valence-electron chi connectivity index (χ4n) is 4.86. The number of aryl methyl sites for hydroxylation is 1. The molecule has 2 aromatic carbocycles. The third kappa shape index (κ3) is 4.97. The van der Waals surface area contributed by atoms with Crippen LogP contribution in [0.2, 0.25) is 0 Å². The minimum atomic E-state index is -0.659. The molecule has 0 saturated carbocycles. The maximum Gasteiger partial charge on any atom is 0.338 e. The molecule has 0 radical (unpaired) electrons. The van der Waals surface area contributed by atoms with E-state index in [2.05, 4.69) is 4.99 Å². The molecule has 5 rings (SSSR count). The van der Waals surface area contributed by atoms with E-state index in [0.717, 1.165) is 27.6 Å². The Hall–Kier alpha value is -4.24. The molecule has 0 N–H and O–H groups in total. The molecule has 1 aliphatic heterocycles. The number of carbonyl (C=O) groups is 2. The number of rotatable bonds is 7. The van der Waals surface area contributed by atoms with Crippen LogP contribution in [-0.2, 0) is 25.6 Å². The number of esters is 2. The second kappa shape index (κ2) is 10.9. The Morgan fingerprint density at radius 1 is 1.03 bits per heavy atom. The Labute approximate surface area is 229 Å². The summed E-state index contributed by atoms with van der Waals surface area (Å²) in [6.45, 7) is 7.88. The van der Waals surface area contributed by atoms with Crippen molar-refractivity contribution in [3.8, 4) is 0 Å². The summed E-state index contributed by atoms with van der Waals surface area (Å²) in [6.07, 6.45) is 3.68. The Morgan fingerprint density at radius 3 is 2.46 bits per heavy atom. The van der Waals surface area contributed by atoms with Crippen molar-refractivity contribution in [3.63, 3.8) is 0 Å². The monoisotopic (exact) mass is 543 g/mol. The van der Waals surface area contributed by atoms with Crippen molar-refractivity contribution in [1.82, 2.24) is 9.13 Å². The highest BCUT2D eigenvalue weighted by atomic mass is 32.1. The zero-order chi connectivity index (χ0) is 27.7. The molecule has 9 heteroatoms. The van der Waals surface area contributed by atoms with Crippen molar-refractivity contribution in [1.29, 1.82) is 0 Å². The second-order valence-electron chi connectivity index (χ2n) is 9.25. The molecule has 0 bridgehead atoms. The molecule has 200 valence electrons. The Kier molecular flexibility index (Phi) is 7.34. The van der Waals surface area contributed by atoms with Gasteiger partial charge in [-0.25, -0.2) is 9.79 Å². The van der Waals surface area contributed by atoms with Crippen molar-refractivity contribution in [2.24, 2.45) is 4.99 Å². The predicted molar refractivity (Wildman–Crippen MR) is 150 cm³/mol. The van der Waals surface area contributed by atoms with Gasteiger partial charge in [-0.2, -0.15) is 0 Å². The third-order valence-corrected chi connectivity index (χ3v) is 7.60. The van der Waals surface area contributed by atoms with Gasteiger partial charge >= 0.3 is 11.9 Å². The zero-order valence-electron chi connectivity index (χ0n) is 22.3. The quantitative estimate of drug-likeness (QED) is 0.332. The van der Waals surface area contributed by atoms with Crippen molar-refractivity contribution in [3.05, 3.63) is 102 Å². The van der Waals surface area contributed by atoms with Gasteiger partial charge in [-0.05, 0) is 45.4 Å². The van der Waals surface area contributed by atoms with Gasteiger partial charge in [0.05, 0.1) is 35.1 Å². The van der Waals surface area contributed by atoms with Gasteiger partial charge in [-0.1, -0.05) is 59.4 Å². The van der Waals surface area contributed by atoms with E-state index in [-0.39, 0.29) is 24.7 Å². The van der Waals surface area contributed by atoms with Crippen LogP contribution < -0.4 is 14.9 Å². The van der Waals surface area contributed by atoms with Gasteiger partial charge in [0, 0.05) is 22.7 Å². The molecule has 4 aromatic rings. The molecule has 0 amide bonds. The molecular formula is C30H29N3O5S. The number of aromatic nitrogens is 2. The predicted octanol–water partition coefficient (Wildman–Crippen LogP) is 3.62. The molecule has 3 heterocycles. The molecular weight excluding hydrogens is 514 g/mol. The highest BCUT2D eigenvalue weighted by molar-refractivity contribution is 7.07. The summed E-state index contributed by atoms with van der Waals surface area (Å²) >= 11 is 1.27. The lowest BCUT2D eigenvalue weighted by Crippen LogP contribution is -2.39. The minimum absolute atomic E-state index is 0.0684. The van der Waals surface area contributed by atoms with E-state index in [0.29, 0.717) is 27.2 Å². The van der Waals surface area contributed by atoms with Crippen LogP contribution in [0.5, 0.6) is 0 Å². The van der Waals surface area contributed by atoms with Crippen LogP contribution in [0.3, 0.4) is 0 Å². The van der Waals surface area contributed by atoms with Gasteiger partial charge in [0.15, 0.2) is 4.80 Å². The summed E-state index contributed by atoms with van der Waals surface area (Å²) in [7, 11) is 0. The van der Waals surface area contributed by atoms with Crippen LogP contribution in [-0.4, -0.2) is 34.3 Å². The number of thiazole rings is 1. The van der Waals surface area contributed by atoms with E-state index in [1.165, 1.54) is 11.3 Å². The Bertz CT molecular complexity index is 1790. The number of para-hydroxylation sites is 1. The number of carbonyl (C=O) groups excluding carboxylic acids is 2. The van der Waals surface area contributed by atoms with E-state index in [4.69, 9.17) is 9.47 Å². The first-order valence-corrected chi connectivity index (χ1v) is 13.6. The summed E-state index contributed by atoms with van der Waals surface area (Å²) in [4.78, 5) is 44.4. The van der Waals surface area contributed by atoms with Gasteiger partial charge < -0.3 is 14.0 Å². The normalized spacial score (nSPS) is 15.3. The van der Waals surface area contributed by atoms with Crippen LogP contribution in [0.15, 0.2) is 75.8 Å². The summed E-state index contributed by atoms with van der Waals surface area (Å²) in [5.41, 5.74) is 4.17. The standard InChI is InChI=1S/C30H29N3O5S/c1-5-37-25(34)17-32-16-21(22-9-7-8-10-23(22)32)15-24-28(35)33-27(20-13-11-18(3)12-14-20)26(29(36)38-6-2)19(4)31-30(33)39-24/h7-16,27H,5-6,17H2,1-4H3/b24-15-/t27-/m1/s1. The first-order valence-electron chi connectivity index (χ1n) is 12.8. The topological polar surface area (TPSA) is 91.9 Å². The van der Waals surface area contributed by atoms with Crippen molar-refractivity contribution in [2.45, 2.75) is 40.3 Å². The third-order valence-electron chi connectivity index (χ3n) is 6.62. The first-order chi connectivity index (χ1) is 18.8. The molecule has 0 spiro atoms. The maximum absolute atomic E-state index is 13.9. The van der Waals surface area contributed by atoms with Crippen molar-refractivity contribution in [2.75, 3.05) is 13.2 Å². The number of benzene rings is 2. The van der Waals surface area contributed by atoms with Gasteiger partial charge in [0.2, 0.25) is 0 Å². The van der Waals surface area contributed by atoms with Crippen LogP contribution in [0.25, 0.3) is 17.0 Å². The number of ether oxygens (including phenoxy) is 2. The lowest BCUT2D eigenvalue weighted by Gasteiger charge is -2.24. The van der Waals surface area contributed by atoms with Gasteiger partial charge in [0.25, 0.3) is 5.56 Å². The summed E-state index contributed by atoms with van der Waals surface area (Å²) < 4.78 is 14.4. The SMILES string of the molecule is CCOC(=O)Cn1cc(/C=c2\sc3n(c2=O)[C@H](c2ccc(C)cc2)C(C(=O)OCC)=C(C)N=3)c2ccccc21. The first kappa shape index (κ1) is 26.4. The van der Waals surface area contributed by atoms with Crippen molar-refractivity contribution < 1.29 is 19.1 Å². The average Bonchev–Trinajstić information content (AvgIpc) is 3.40. The molecule has 2 aromatic heterocycles. The van der Waals surface area contributed by atoms with Crippen LogP contribution >= 0.6 is 11.3 Å². The molecule has 8 nitrogen and oxygen atoms in total. The van der Waals surface area contributed by atoms with Crippen LogP contribution in [0.1, 0.15) is 43.5 Å². The molecule has 0 aliphatic carbocycles. The van der Waals surface area contributed by atoms with Crippen LogP contribution in [0, 0.1) is 6.92 Å². The maximum atomic E-state index is 13.9. The summed E-state index contributed by atoms with van der Waals surface area (Å²) in [5.74, 6) is -0.815. The van der Waals surface area contributed by atoms with E-state index in [1.54, 1.807) is 25.3 Å². The molecule has 1 atom stereocenters. The Balaban J connectivity index is 1.69.